The number of nitrogens with two attached hydrogens (primary N) is 1. The molecule has 5 nitrogen and oxygen atoms in total. The van der Waals surface area contributed by atoms with Crippen molar-refractivity contribution in [3.8, 4) is 0 Å². The molecule has 1 aromatic rings. The van der Waals surface area contributed by atoms with Gasteiger partial charge >= 0.3 is 0 Å². The van der Waals surface area contributed by atoms with Crippen LogP contribution in [0.1, 0.15) is 36.2 Å². The van der Waals surface area contributed by atoms with Gasteiger partial charge in [-0.15, -0.1) is 0 Å². The van der Waals surface area contributed by atoms with Crippen LogP contribution < -0.4 is 11.1 Å². The van der Waals surface area contributed by atoms with Gasteiger partial charge in [0.05, 0.1) is 0 Å². The molecule has 0 aliphatic heterocycles. The SMILES string of the molecule is NC(=O)C1CCC(NC(=O)c2cccc(F)n2)CC1. The summed E-state index contributed by atoms with van der Waals surface area (Å²) < 4.78 is 12.9. The van der Waals surface area contributed by atoms with Gasteiger partial charge in [-0.2, -0.15) is 4.39 Å². The van der Waals surface area contributed by atoms with Crippen molar-refractivity contribution < 1.29 is 14.0 Å². The quantitative estimate of drug-likeness (QED) is 0.799. The van der Waals surface area contributed by atoms with Gasteiger partial charge in [-0.3, -0.25) is 9.59 Å². The first-order chi connectivity index (χ1) is 9.06. The van der Waals surface area contributed by atoms with Crippen LogP contribution >= 0.6 is 0 Å². The van der Waals surface area contributed by atoms with E-state index in [0.29, 0.717) is 25.7 Å². The van der Waals surface area contributed by atoms with Crippen molar-refractivity contribution in [2.45, 2.75) is 31.7 Å². The van der Waals surface area contributed by atoms with Gasteiger partial charge in [-0.1, -0.05) is 6.07 Å². The number of pyridine rings is 1. The Bertz CT molecular complexity index is 485. The molecule has 2 rings (SSSR count). The molecule has 1 saturated carbocycles. The molecule has 0 bridgehead atoms. The third-order valence-electron chi connectivity index (χ3n) is 3.41. The minimum Gasteiger partial charge on any atom is -0.369 e. The molecule has 0 saturated heterocycles. The van der Waals surface area contributed by atoms with Crippen LogP contribution in [0.4, 0.5) is 4.39 Å². The number of carbonyl (C=O) groups excluding carboxylic acids is 2. The Labute approximate surface area is 110 Å². The number of hydrogen-bond acceptors (Lipinski definition) is 3. The number of rotatable bonds is 3. The summed E-state index contributed by atoms with van der Waals surface area (Å²) in [6.45, 7) is 0. The minimum absolute atomic E-state index is 0.00633. The van der Waals surface area contributed by atoms with E-state index in [-0.39, 0.29) is 29.5 Å². The van der Waals surface area contributed by atoms with Crippen molar-refractivity contribution in [1.29, 1.82) is 0 Å². The first kappa shape index (κ1) is 13.5. The van der Waals surface area contributed by atoms with Gasteiger partial charge in [0, 0.05) is 12.0 Å². The van der Waals surface area contributed by atoms with Crippen LogP contribution in [-0.4, -0.2) is 22.8 Å². The lowest BCUT2D eigenvalue weighted by molar-refractivity contribution is -0.122. The molecule has 102 valence electrons. The Morgan fingerprint density at radius 1 is 1.26 bits per heavy atom. The van der Waals surface area contributed by atoms with Crippen molar-refractivity contribution in [1.82, 2.24) is 10.3 Å². The average Bonchev–Trinajstić information content (AvgIpc) is 2.39. The van der Waals surface area contributed by atoms with Crippen LogP contribution in [0.25, 0.3) is 0 Å². The maximum absolute atomic E-state index is 12.9. The van der Waals surface area contributed by atoms with Gasteiger partial charge in [0.25, 0.3) is 5.91 Å². The largest absolute Gasteiger partial charge is 0.369 e. The zero-order chi connectivity index (χ0) is 13.8. The molecule has 0 atom stereocenters. The molecule has 0 unspecified atom stereocenters. The summed E-state index contributed by atoms with van der Waals surface area (Å²) in [6.07, 6.45) is 2.76. The van der Waals surface area contributed by atoms with Crippen molar-refractivity contribution in [2.24, 2.45) is 11.7 Å². The second kappa shape index (κ2) is 5.77. The maximum Gasteiger partial charge on any atom is 0.270 e. The molecule has 1 fully saturated rings. The molecule has 1 aromatic heterocycles. The molecule has 1 aliphatic carbocycles. The van der Waals surface area contributed by atoms with E-state index < -0.39 is 5.95 Å². The molecule has 0 aromatic carbocycles. The molecule has 1 aliphatic rings. The van der Waals surface area contributed by atoms with Crippen molar-refractivity contribution in [3.05, 3.63) is 29.8 Å². The molecule has 0 spiro atoms. The Morgan fingerprint density at radius 2 is 1.95 bits per heavy atom. The molecule has 19 heavy (non-hydrogen) atoms. The summed E-state index contributed by atoms with van der Waals surface area (Å²) in [5, 5.41) is 2.80. The second-order valence-corrected chi connectivity index (χ2v) is 4.77. The summed E-state index contributed by atoms with van der Waals surface area (Å²) in [4.78, 5) is 26.4. The van der Waals surface area contributed by atoms with Gasteiger partial charge in [0.15, 0.2) is 0 Å². The predicted octanol–water partition coefficient (Wildman–Crippen LogP) is 0.995. The van der Waals surface area contributed by atoms with Crippen LogP contribution in [-0.2, 0) is 4.79 Å². The Hall–Kier alpha value is -1.98. The first-order valence-corrected chi connectivity index (χ1v) is 6.29. The fourth-order valence-corrected chi connectivity index (χ4v) is 2.32. The highest BCUT2D eigenvalue weighted by Gasteiger charge is 2.25. The second-order valence-electron chi connectivity index (χ2n) is 4.77. The van der Waals surface area contributed by atoms with E-state index in [0.717, 1.165) is 0 Å². The molecule has 6 heteroatoms. The van der Waals surface area contributed by atoms with Gasteiger partial charge in [-0.05, 0) is 37.8 Å². The van der Waals surface area contributed by atoms with E-state index >= 15 is 0 Å². The Morgan fingerprint density at radius 3 is 2.53 bits per heavy atom. The number of carbonyl (C=O) groups is 2. The van der Waals surface area contributed by atoms with E-state index in [1.54, 1.807) is 0 Å². The Balaban J connectivity index is 1.89. The first-order valence-electron chi connectivity index (χ1n) is 6.29. The highest BCUT2D eigenvalue weighted by Crippen LogP contribution is 2.24. The molecule has 2 amide bonds. The summed E-state index contributed by atoms with van der Waals surface area (Å²) in [6, 6.07) is 4.09. The average molecular weight is 265 g/mol. The third kappa shape index (κ3) is 3.49. The topological polar surface area (TPSA) is 85.1 Å². The normalized spacial score (nSPS) is 22.8. The van der Waals surface area contributed by atoms with Gasteiger partial charge < -0.3 is 11.1 Å². The van der Waals surface area contributed by atoms with Crippen LogP contribution in [0.5, 0.6) is 0 Å². The molecule has 0 radical (unpaired) electrons. The fraction of sp³-hybridized carbons (Fsp3) is 0.462. The minimum atomic E-state index is -0.676. The number of amides is 2. The number of nitrogens with one attached hydrogen (secondary N) is 1. The van der Waals surface area contributed by atoms with E-state index in [4.69, 9.17) is 5.73 Å². The summed E-state index contributed by atoms with van der Waals surface area (Å²) >= 11 is 0. The molecule has 3 N–H and O–H groups in total. The number of hydrogen-bond donors (Lipinski definition) is 2. The monoisotopic (exact) mass is 265 g/mol. The lowest BCUT2D eigenvalue weighted by Gasteiger charge is -2.27. The highest BCUT2D eigenvalue weighted by atomic mass is 19.1. The number of halogens is 1. The van der Waals surface area contributed by atoms with Crippen LogP contribution in [0.15, 0.2) is 18.2 Å². The van der Waals surface area contributed by atoms with E-state index in [9.17, 15) is 14.0 Å². The van der Waals surface area contributed by atoms with Crippen LogP contribution in [0.3, 0.4) is 0 Å². The number of aromatic nitrogens is 1. The van der Waals surface area contributed by atoms with Crippen molar-refractivity contribution >= 4 is 11.8 Å². The summed E-state index contributed by atoms with van der Waals surface area (Å²) in [5.74, 6) is -1.44. The van der Waals surface area contributed by atoms with E-state index in [1.165, 1.54) is 18.2 Å². The number of nitrogens with zero attached hydrogens (tertiary/aromatic N) is 1. The summed E-state index contributed by atoms with van der Waals surface area (Å²) in [7, 11) is 0. The van der Waals surface area contributed by atoms with Crippen molar-refractivity contribution in [3.63, 3.8) is 0 Å². The van der Waals surface area contributed by atoms with Crippen LogP contribution in [0.2, 0.25) is 0 Å². The zero-order valence-corrected chi connectivity index (χ0v) is 10.4. The van der Waals surface area contributed by atoms with Crippen molar-refractivity contribution in [2.75, 3.05) is 0 Å². The number of primary amides is 1. The zero-order valence-electron chi connectivity index (χ0n) is 10.4. The fourth-order valence-electron chi connectivity index (χ4n) is 2.32. The molecular formula is C13H16FN3O2. The van der Waals surface area contributed by atoms with E-state index in [2.05, 4.69) is 10.3 Å². The molecule has 1 heterocycles. The predicted molar refractivity (Wildman–Crippen MR) is 66.6 cm³/mol. The van der Waals surface area contributed by atoms with Gasteiger partial charge in [-0.25, -0.2) is 4.98 Å². The molecular weight excluding hydrogens is 249 g/mol. The van der Waals surface area contributed by atoms with Gasteiger partial charge in [0.2, 0.25) is 11.9 Å². The summed E-state index contributed by atoms with van der Waals surface area (Å²) in [5.41, 5.74) is 5.31. The third-order valence-corrected chi connectivity index (χ3v) is 3.41. The van der Waals surface area contributed by atoms with E-state index in [1.807, 2.05) is 0 Å². The van der Waals surface area contributed by atoms with Gasteiger partial charge in [0.1, 0.15) is 5.69 Å². The lowest BCUT2D eigenvalue weighted by atomic mass is 9.85. The smallest absolute Gasteiger partial charge is 0.270 e. The highest BCUT2D eigenvalue weighted by molar-refractivity contribution is 5.92. The lowest BCUT2D eigenvalue weighted by Crippen LogP contribution is -2.40. The maximum atomic E-state index is 12.9. The van der Waals surface area contributed by atoms with Crippen LogP contribution in [0, 0.1) is 11.9 Å². The standard InChI is InChI=1S/C13H16FN3O2/c14-11-3-1-2-10(17-11)13(19)16-9-6-4-8(5-7-9)12(15)18/h1-3,8-9H,4-7H2,(H2,15,18)(H,16,19). The Kier molecular flexibility index (Phi) is 4.09.